The Hall–Kier alpha value is -6.38. The second kappa shape index (κ2) is 19.8. The van der Waals surface area contributed by atoms with E-state index in [1.54, 1.807) is 6.92 Å². The molecule has 3 saturated carbocycles. The number of aromatic hydroxyl groups is 2. The van der Waals surface area contributed by atoms with E-state index < -0.39 is 65.6 Å². The van der Waals surface area contributed by atoms with Gasteiger partial charge in [-0.15, -0.1) is 11.8 Å². The number of phenolic OH excluding ortho intramolecular Hbond substituents is 2. The summed E-state index contributed by atoms with van der Waals surface area (Å²) < 4.78 is 17.2. The number of H-pyrrole nitrogens is 1. The first-order chi connectivity index (χ1) is 40.5. The van der Waals surface area contributed by atoms with Crippen LogP contribution in [0.3, 0.4) is 0 Å². The van der Waals surface area contributed by atoms with E-state index in [9.17, 15) is 40.5 Å². The number of amides is 1. The summed E-state index contributed by atoms with van der Waals surface area (Å²) in [5, 5.41) is 90.3. The third-order valence-electron chi connectivity index (χ3n) is 22.6. The number of phenols is 2. The van der Waals surface area contributed by atoms with Crippen LogP contribution in [0.4, 0.5) is 0 Å². The number of nitrogens with zero attached hydrogens (tertiary/aromatic N) is 1. The summed E-state index contributed by atoms with van der Waals surface area (Å²) in [6.45, 7) is 4.14. The minimum absolute atomic E-state index is 0.00178. The van der Waals surface area contributed by atoms with Gasteiger partial charge in [-0.25, -0.2) is 9.78 Å². The Labute approximate surface area is 486 Å². The van der Waals surface area contributed by atoms with Crippen molar-refractivity contribution in [3.05, 3.63) is 93.2 Å². The zero-order valence-electron chi connectivity index (χ0n) is 47.5. The molecule has 1 amide bonds. The third kappa shape index (κ3) is 8.06. The maximum atomic E-state index is 15.2. The first kappa shape index (κ1) is 54.3. The lowest BCUT2D eigenvalue weighted by Crippen LogP contribution is -2.73. The van der Waals surface area contributed by atoms with Crippen molar-refractivity contribution in [1.82, 2.24) is 20.2 Å². The molecule has 3 aromatic carbocycles. The number of hydrogen-bond donors (Lipinski definition) is 10. The normalized spacial score (nSPS) is 34.6. The molecular formula is C67H74N4O13. The van der Waals surface area contributed by atoms with E-state index in [0.29, 0.717) is 101 Å². The molecule has 5 aliphatic carbocycles. The molecule has 3 aromatic heterocycles. The maximum Gasteiger partial charge on any atom is 0.226 e. The molecule has 2 saturated heterocycles. The van der Waals surface area contributed by atoms with Crippen molar-refractivity contribution in [2.75, 3.05) is 19.7 Å². The molecule has 6 aliphatic heterocycles. The molecule has 17 rings (SSSR count). The SMILES string of the molecule is CCc1c2cc3[nH]c2cn1-c1c2c(cc4c(=O)cc(C)oc14)CC1OOC(C(O)(Cc4ccc(O)c5ccc(O)cc45)C(O)C(O)C(O)CO)C#CCC4CCNC5C4CC46C#CCC7CCC8(CC7CCC3)C(=O)NCC8C4CC1(O2)C5C6. The van der Waals surface area contributed by atoms with Crippen LogP contribution in [-0.4, -0.2) is 119 Å². The molecule has 84 heavy (non-hydrogen) atoms. The number of aromatic amines is 1. The number of aryl methyl sites for hydroxylation is 3. The number of aliphatic hydroxyl groups excluding tert-OH is 4. The van der Waals surface area contributed by atoms with E-state index in [4.69, 9.17) is 18.9 Å². The van der Waals surface area contributed by atoms with Gasteiger partial charge in [0.2, 0.25) is 5.91 Å². The molecule has 17 heteroatoms. The summed E-state index contributed by atoms with van der Waals surface area (Å²) >= 11 is 0. The standard InChI is InChI=1S/C67H74N4O13/c1-3-51-44-24-40-10-4-8-37-26-65-19-16-35(37)9-6-18-64-28-46-36-7-5-11-55(66(80,62(78)59(77)54(76)33-72)27-38-12-15-52(74)42-14-13-41(73)25-43(38)42)83-84-56-23-39-22-45-53(75)21-34(2)81-61(45)58(71(51)32-50(44)70-40)60(39)82-67(56,48(29-64)57(46)68-20-17-36)30-47(64)49(65)31-69-63(65)79/h12-15,21-22,24-25,32,35-37,46-49,54-57,59,62,68,70,72-74,76-78,80H,3-4,7-10,16-17,19-20,23,26-31,33H2,1-2H3,(H,69,79). The van der Waals surface area contributed by atoms with Crippen molar-refractivity contribution in [2.24, 2.45) is 52.3 Å². The Bertz CT molecular complexity index is 3880. The molecule has 15 bridgehead atoms. The van der Waals surface area contributed by atoms with Gasteiger partial charge >= 0.3 is 0 Å². The van der Waals surface area contributed by atoms with Crippen LogP contribution in [0.1, 0.15) is 106 Å². The molecule has 3 spiro atoms. The van der Waals surface area contributed by atoms with Crippen LogP contribution in [0, 0.1) is 82.9 Å². The number of rotatable bonds is 8. The lowest BCUT2D eigenvalue weighted by atomic mass is 9.41. The molecule has 5 fully saturated rings. The van der Waals surface area contributed by atoms with Crippen LogP contribution >= 0.6 is 0 Å². The zero-order chi connectivity index (χ0) is 57.8. The second-order valence-corrected chi connectivity index (χ2v) is 26.7. The van der Waals surface area contributed by atoms with Gasteiger partial charge in [0.25, 0.3) is 0 Å². The number of aromatic nitrogens is 2. The Morgan fingerprint density at radius 1 is 0.881 bits per heavy atom. The average Bonchev–Trinajstić information content (AvgIpc) is 0.965. The molecule has 9 heterocycles. The third-order valence-corrected chi connectivity index (χ3v) is 22.6. The predicted octanol–water partition coefficient (Wildman–Crippen LogP) is 6.22. The second-order valence-electron chi connectivity index (χ2n) is 26.7. The molecule has 440 valence electrons. The van der Waals surface area contributed by atoms with Crippen molar-refractivity contribution >= 4 is 38.6 Å². The van der Waals surface area contributed by atoms with E-state index in [-0.39, 0.29) is 64.9 Å². The monoisotopic (exact) mass is 1140 g/mol. The van der Waals surface area contributed by atoms with Crippen molar-refractivity contribution in [3.63, 3.8) is 0 Å². The Morgan fingerprint density at radius 3 is 2.58 bits per heavy atom. The molecule has 6 aromatic rings. The summed E-state index contributed by atoms with van der Waals surface area (Å²) in [5.41, 5.74) is -0.309. The first-order valence-electron chi connectivity index (χ1n) is 30.7. The highest BCUT2D eigenvalue weighted by Gasteiger charge is 2.71. The van der Waals surface area contributed by atoms with Gasteiger partial charge in [0.15, 0.2) is 22.9 Å². The quantitative estimate of drug-likeness (QED) is 0.0600. The Morgan fingerprint density at radius 2 is 1.74 bits per heavy atom. The molecule has 17 nitrogen and oxygen atoms in total. The molecule has 17 unspecified atom stereocenters. The van der Waals surface area contributed by atoms with Gasteiger partial charge in [-0.05, 0) is 167 Å². The van der Waals surface area contributed by atoms with Crippen molar-refractivity contribution in [1.29, 1.82) is 0 Å². The lowest BCUT2D eigenvalue weighted by Gasteiger charge is -2.66. The van der Waals surface area contributed by atoms with Crippen LogP contribution in [-0.2, 0) is 40.3 Å². The molecule has 11 aliphatic rings. The molecular weight excluding hydrogens is 1070 g/mol. The number of fused-ring (bicyclic) bond motifs is 6. The number of carbonyl (C=O) groups is 1. The predicted molar refractivity (Wildman–Crippen MR) is 310 cm³/mol. The number of piperidine rings is 1. The van der Waals surface area contributed by atoms with E-state index in [0.717, 1.165) is 80.1 Å². The summed E-state index contributed by atoms with van der Waals surface area (Å²) in [7, 11) is 0. The number of carbonyl (C=O) groups excluding carboxylic acids is 1. The summed E-state index contributed by atoms with van der Waals surface area (Å²) in [6, 6.07) is 12.8. The van der Waals surface area contributed by atoms with Gasteiger partial charge < -0.3 is 65.1 Å². The lowest BCUT2D eigenvalue weighted by molar-refractivity contribution is -0.398. The number of ether oxygens (including phenoxy) is 1. The van der Waals surface area contributed by atoms with Crippen LogP contribution in [0.15, 0.2) is 63.9 Å². The van der Waals surface area contributed by atoms with Crippen LogP contribution in [0.5, 0.6) is 17.2 Å². The van der Waals surface area contributed by atoms with E-state index in [2.05, 4.69) is 63.1 Å². The number of aliphatic hydroxyl groups is 5. The Balaban J connectivity index is 0.984. The maximum absolute atomic E-state index is 15.2. The summed E-state index contributed by atoms with van der Waals surface area (Å²) in [6.07, 6.45) is 2.15. The molecule has 10 N–H and O–H groups in total. The highest BCUT2D eigenvalue weighted by molar-refractivity contribution is 5.94. The van der Waals surface area contributed by atoms with Gasteiger partial charge in [-0.1, -0.05) is 24.8 Å². The fourth-order valence-corrected chi connectivity index (χ4v) is 18.5. The van der Waals surface area contributed by atoms with E-state index in [1.807, 2.05) is 6.07 Å². The summed E-state index contributed by atoms with van der Waals surface area (Å²) in [4.78, 5) is 47.4. The van der Waals surface area contributed by atoms with Gasteiger partial charge in [-0.3, -0.25) is 9.59 Å². The highest BCUT2D eigenvalue weighted by atomic mass is 17.2. The highest BCUT2D eigenvalue weighted by Crippen LogP contribution is 2.68. The smallest absolute Gasteiger partial charge is 0.226 e. The van der Waals surface area contributed by atoms with Gasteiger partial charge in [0.05, 0.1) is 22.9 Å². The van der Waals surface area contributed by atoms with E-state index in [1.165, 1.54) is 36.4 Å². The van der Waals surface area contributed by atoms with Gasteiger partial charge in [0.1, 0.15) is 58.6 Å². The van der Waals surface area contributed by atoms with Crippen LogP contribution in [0.2, 0.25) is 0 Å². The van der Waals surface area contributed by atoms with Crippen molar-refractivity contribution < 1.29 is 59.5 Å². The van der Waals surface area contributed by atoms with Crippen LogP contribution in [0.25, 0.3) is 38.3 Å². The van der Waals surface area contributed by atoms with Gasteiger partial charge in [-0.2, -0.15) is 0 Å². The minimum Gasteiger partial charge on any atom is -0.508 e. The van der Waals surface area contributed by atoms with E-state index >= 15 is 4.79 Å². The van der Waals surface area contributed by atoms with Crippen molar-refractivity contribution in [3.8, 4) is 46.6 Å². The average molecular weight is 1140 g/mol. The fourth-order valence-electron chi connectivity index (χ4n) is 18.5. The van der Waals surface area contributed by atoms with Crippen LogP contribution < -0.4 is 20.8 Å². The van der Waals surface area contributed by atoms with Gasteiger partial charge in [0, 0.05) is 89.6 Å². The number of hydrogen-bond acceptors (Lipinski definition) is 14. The fraction of sp³-hybridized carbons (Fsp3) is 0.552. The number of nitrogens with one attached hydrogen (secondary N) is 3. The first-order valence-corrected chi connectivity index (χ1v) is 30.7. The molecule has 17 atom stereocenters. The molecule has 0 radical (unpaired) electrons. The summed E-state index contributed by atoms with van der Waals surface area (Å²) in [5.74, 6) is 15.6. The Kier molecular flexibility index (Phi) is 12.8. The zero-order valence-corrected chi connectivity index (χ0v) is 47.5. The number of benzene rings is 3. The largest absolute Gasteiger partial charge is 0.508 e. The topological polar surface area (TPSA) is 261 Å². The van der Waals surface area contributed by atoms with Crippen molar-refractivity contribution in [2.45, 2.75) is 158 Å². The minimum atomic E-state index is -2.64.